The van der Waals surface area contributed by atoms with Crippen LogP contribution in [0.15, 0.2) is 36.4 Å². The van der Waals surface area contributed by atoms with Gasteiger partial charge in [0.2, 0.25) is 0 Å². The first-order chi connectivity index (χ1) is 13.0. The fourth-order valence-electron chi connectivity index (χ4n) is 3.17. The van der Waals surface area contributed by atoms with Crippen molar-refractivity contribution in [1.82, 2.24) is 5.32 Å². The largest absolute Gasteiger partial charge is 0.486 e. The molecule has 2 aliphatic rings. The minimum absolute atomic E-state index is 0.00197. The second kappa shape index (κ2) is 7.08. The van der Waals surface area contributed by atoms with Gasteiger partial charge in [0.25, 0.3) is 11.6 Å². The van der Waals surface area contributed by atoms with Crippen LogP contribution < -0.4 is 14.8 Å². The number of halogens is 1. The summed E-state index contributed by atoms with van der Waals surface area (Å²) in [5, 5.41) is 14.1. The molecule has 0 spiro atoms. The Morgan fingerprint density at radius 3 is 2.59 bits per heavy atom. The van der Waals surface area contributed by atoms with Gasteiger partial charge in [-0.05, 0) is 48.6 Å². The van der Waals surface area contributed by atoms with E-state index in [1.54, 1.807) is 0 Å². The molecule has 1 aliphatic carbocycles. The van der Waals surface area contributed by atoms with E-state index in [2.05, 4.69) is 5.32 Å². The van der Waals surface area contributed by atoms with Crippen LogP contribution in [0.3, 0.4) is 0 Å². The van der Waals surface area contributed by atoms with Gasteiger partial charge in [0, 0.05) is 11.6 Å². The quantitative estimate of drug-likeness (QED) is 0.619. The number of nitrogens with zero attached hydrogens (tertiary/aromatic N) is 1. The molecule has 27 heavy (non-hydrogen) atoms. The zero-order valence-electron chi connectivity index (χ0n) is 14.3. The van der Waals surface area contributed by atoms with Crippen LogP contribution >= 0.6 is 11.6 Å². The molecule has 1 heterocycles. The van der Waals surface area contributed by atoms with Gasteiger partial charge >= 0.3 is 0 Å². The molecule has 1 saturated carbocycles. The van der Waals surface area contributed by atoms with Gasteiger partial charge in [-0.15, -0.1) is 0 Å². The second-order valence-electron chi connectivity index (χ2n) is 6.61. The molecule has 7 nitrogen and oxygen atoms in total. The van der Waals surface area contributed by atoms with Crippen molar-refractivity contribution in [3.8, 4) is 11.5 Å². The highest BCUT2D eigenvalue weighted by Crippen LogP contribution is 2.43. The number of carbonyl (C=O) groups excluding carboxylic acids is 1. The molecule has 1 unspecified atom stereocenters. The van der Waals surface area contributed by atoms with Crippen LogP contribution in [0.1, 0.15) is 34.8 Å². The van der Waals surface area contributed by atoms with Gasteiger partial charge < -0.3 is 14.8 Å². The van der Waals surface area contributed by atoms with Crippen molar-refractivity contribution in [2.75, 3.05) is 13.2 Å². The van der Waals surface area contributed by atoms with E-state index < -0.39 is 4.92 Å². The topological polar surface area (TPSA) is 90.7 Å². The summed E-state index contributed by atoms with van der Waals surface area (Å²) in [6, 6.07) is 9.51. The third kappa shape index (κ3) is 3.68. The molecule has 0 aromatic heterocycles. The number of fused-ring (bicyclic) bond motifs is 1. The maximum atomic E-state index is 12.7. The monoisotopic (exact) mass is 388 g/mol. The standard InChI is InChI=1S/C19H17ClN2O5/c20-14-5-3-13(9-15(14)22(24)25)19(23)21-18(11-1-2-11)12-4-6-16-17(10-12)27-8-7-26-16/h3-6,9-11,18H,1-2,7-8H2,(H,21,23). The van der Waals surface area contributed by atoms with Gasteiger partial charge in [0.15, 0.2) is 11.5 Å². The molecule has 1 atom stereocenters. The van der Waals surface area contributed by atoms with Crippen molar-refractivity contribution in [3.63, 3.8) is 0 Å². The SMILES string of the molecule is O=C(NC(c1ccc2c(c1)OCCO2)C1CC1)c1ccc(Cl)c([N+](=O)[O-])c1. The molecule has 2 aromatic carbocycles. The first kappa shape index (κ1) is 17.6. The van der Waals surface area contributed by atoms with Gasteiger partial charge in [-0.25, -0.2) is 0 Å². The highest BCUT2D eigenvalue weighted by molar-refractivity contribution is 6.32. The van der Waals surface area contributed by atoms with Crippen molar-refractivity contribution >= 4 is 23.2 Å². The van der Waals surface area contributed by atoms with Crippen LogP contribution in [0.2, 0.25) is 5.02 Å². The van der Waals surface area contributed by atoms with Crippen molar-refractivity contribution < 1.29 is 19.2 Å². The number of rotatable bonds is 5. The molecule has 1 aliphatic heterocycles. The van der Waals surface area contributed by atoms with Crippen LogP contribution in [0.4, 0.5) is 5.69 Å². The number of carbonyl (C=O) groups is 1. The van der Waals surface area contributed by atoms with Crippen LogP contribution in [0, 0.1) is 16.0 Å². The smallest absolute Gasteiger partial charge is 0.288 e. The zero-order valence-corrected chi connectivity index (χ0v) is 15.1. The van der Waals surface area contributed by atoms with E-state index >= 15 is 0 Å². The van der Waals surface area contributed by atoms with Gasteiger partial charge in [-0.2, -0.15) is 0 Å². The van der Waals surface area contributed by atoms with Crippen molar-refractivity contribution in [2.24, 2.45) is 5.92 Å². The first-order valence-electron chi connectivity index (χ1n) is 8.67. The van der Waals surface area contributed by atoms with E-state index in [0.29, 0.717) is 30.6 Å². The molecule has 1 fully saturated rings. The van der Waals surface area contributed by atoms with Crippen molar-refractivity contribution in [3.05, 3.63) is 62.7 Å². The first-order valence-corrected chi connectivity index (χ1v) is 9.05. The Labute approximate surface area is 160 Å². The lowest BCUT2D eigenvalue weighted by Crippen LogP contribution is -2.30. The third-order valence-corrected chi connectivity index (χ3v) is 5.03. The molecule has 0 radical (unpaired) electrons. The average Bonchev–Trinajstić information content (AvgIpc) is 3.50. The van der Waals surface area contributed by atoms with Gasteiger partial charge in [-0.1, -0.05) is 17.7 Å². The Morgan fingerprint density at radius 1 is 1.15 bits per heavy atom. The number of nitrogens with one attached hydrogen (secondary N) is 1. The number of hydrogen-bond acceptors (Lipinski definition) is 5. The second-order valence-corrected chi connectivity index (χ2v) is 7.02. The summed E-state index contributed by atoms with van der Waals surface area (Å²) in [5.41, 5.74) is 0.847. The molecule has 0 saturated heterocycles. The minimum Gasteiger partial charge on any atom is -0.486 e. The Hall–Kier alpha value is -2.80. The summed E-state index contributed by atoms with van der Waals surface area (Å²) >= 11 is 5.83. The maximum absolute atomic E-state index is 12.7. The van der Waals surface area contributed by atoms with Gasteiger partial charge in [-0.3, -0.25) is 14.9 Å². The predicted molar refractivity (Wildman–Crippen MR) is 98.5 cm³/mol. The summed E-state index contributed by atoms with van der Waals surface area (Å²) in [4.78, 5) is 23.2. The maximum Gasteiger partial charge on any atom is 0.288 e. The Morgan fingerprint density at radius 2 is 1.89 bits per heavy atom. The van der Waals surface area contributed by atoms with E-state index in [1.165, 1.54) is 18.2 Å². The summed E-state index contributed by atoms with van der Waals surface area (Å²) in [6.45, 7) is 1.01. The van der Waals surface area contributed by atoms with Gasteiger partial charge in [0.05, 0.1) is 11.0 Å². The molecule has 2 aromatic rings. The predicted octanol–water partition coefficient (Wildman–Crippen LogP) is 3.90. The number of nitro groups is 1. The fourth-order valence-corrected chi connectivity index (χ4v) is 3.36. The number of benzene rings is 2. The average molecular weight is 389 g/mol. The van der Waals surface area contributed by atoms with Crippen LogP contribution in [-0.2, 0) is 0 Å². The van der Waals surface area contributed by atoms with E-state index in [4.69, 9.17) is 21.1 Å². The molecule has 8 heteroatoms. The summed E-state index contributed by atoms with van der Waals surface area (Å²) in [5.74, 6) is 1.32. The van der Waals surface area contributed by atoms with Crippen LogP contribution in [-0.4, -0.2) is 24.0 Å². The third-order valence-electron chi connectivity index (χ3n) is 4.71. The number of nitro benzene ring substituents is 1. The zero-order chi connectivity index (χ0) is 19.0. The van der Waals surface area contributed by atoms with E-state index in [9.17, 15) is 14.9 Å². The molecular weight excluding hydrogens is 372 g/mol. The minimum atomic E-state index is -0.599. The van der Waals surface area contributed by atoms with E-state index in [0.717, 1.165) is 18.4 Å². The number of ether oxygens (including phenoxy) is 2. The number of amides is 1. The molecule has 0 bridgehead atoms. The lowest BCUT2D eigenvalue weighted by molar-refractivity contribution is -0.384. The lowest BCUT2D eigenvalue weighted by atomic mass is 10.0. The van der Waals surface area contributed by atoms with E-state index in [-0.39, 0.29) is 28.2 Å². The molecule has 4 rings (SSSR count). The Bertz CT molecular complexity index is 913. The Kier molecular flexibility index (Phi) is 4.61. The summed E-state index contributed by atoms with van der Waals surface area (Å²) < 4.78 is 11.2. The molecule has 140 valence electrons. The molecule has 1 N–H and O–H groups in total. The highest BCUT2D eigenvalue weighted by Gasteiger charge is 2.34. The van der Waals surface area contributed by atoms with Crippen molar-refractivity contribution in [1.29, 1.82) is 0 Å². The number of hydrogen-bond donors (Lipinski definition) is 1. The molecular formula is C19H17ClN2O5. The van der Waals surface area contributed by atoms with Crippen LogP contribution in [0.25, 0.3) is 0 Å². The van der Waals surface area contributed by atoms with Gasteiger partial charge in [0.1, 0.15) is 18.2 Å². The van der Waals surface area contributed by atoms with Crippen molar-refractivity contribution in [2.45, 2.75) is 18.9 Å². The summed E-state index contributed by atoms with van der Waals surface area (Å²) in [7, 11) is 0. The van der Waals surface area contributed by atoms with E-state index in [1.807, 2.05) is 18.2 Å². The summed E-state index contributed by atoms with van der Waals surface area (Å²) in [6.07, 6.45) is 2.03. The fraction of sp³-hybridized carbons (Fsp3) is 0.316. The molecule has 1 amide bonds. The normalized spacial score (nSPS) is 16.5. The Balaban J connectivity index is 1.58. The highest BCUT2D eigenvalue weighted by atomic mass is 35.5. The lowest BCUT2D eigenvalue weighted by Gasteiger charge is -2.23. The van der Waals surface area contributed by atoms with Crippen LogP contribution in [0.5, 0.6) is 11.5 Å².